The van der Waals surface area contributed by atoms with Crippen LogP contribution >= 0.6 is 0 Å². The Morgan fingerprint density at radius 2 is 1.92 bits per heavy atom. The molecule has 0 atom stereocenters. The fourth-order valence-corrected chi connectivity index (χ4v) is 4.42. The highest BCUT2D eigenvalue weighted by molar-refractivity contribution is 6.03. The van der Waals surface area contributed by atoms with Crippen LogP contribution < -0.4 is 14.8 Å². The van der Waals surface area contributed by atoms with Crippen LogP contribution in [-0.4, -0.2) is 51.4 Å². The molecule has 12 heteroatoms. The van der Waals surface area contributed by atoms with Crippen molar-refractivity contribution in [3.63, 3.8) is 0 Å². The summed E-state index contributed by atoms with van der Waals surface area (Å²) in [6.45, 7) is -3.49. The van der Waals surface area contributed by atoms with Crippen LogP contribution in [0.15, 0.2) is 36.7 Å². The van der Waals surface area contributed by atoms with E-state index in [1.54, 1.807) is 37.1 Å². The van der Waals surface area contributed by atoms with E-state index in [1.807, 2.05) is 6.20 Å². The summed E-state index contributed by atoms with van der Waals surface area (Å²) in [6, 6.07) is 8.43. The number of nitrogens with one attached hydrogen (secondary N) is 1. The lowest BCUT2D eigenvalue weighted by Gasteiger charge is -2.17. The van der Waals surface area contributed by atoms with E-state index >= 15 is 0 Å². The van der Waals surface area contributed by atoms with Gasteiger partial charge in [-0.25, -0.2) is 4.39 Å². The van der Waals surface area contributed by atoms with Crippen LogP contribution in [0.4, 0.5) is 13.2 Å². The first-order valence-corrected chi connectivity index (χ1v) is 11.7. The summed E-state index contributed by atoms with van der Waals surface area (Å²) in [6.07, 6.45) is 4.12. The van der Waals surface area contributed by atoms with E-state index in [0.717, 1.165) is 11.1 Å². The van der Waals surface area contributed by atoms with Gasteiger partial charge in [0.05, 0.1) is 42.7 Å². The van der Waals surface area contributed by atoms with E-state index in [4.69, 9.17) is 9.47 Å². The van der Waals surface area contributed by atoms with Crippen molar-refractivity contribution in [3.05, 3.63) is 47.8 Å². The van der Waals surface area contributed by atoms with Gasteiger partial charge in [0.15, 0.2) is 0 Å². The molecule has 0 radical (unpaired) electrons. The highest BCUT2D eigenvalue weighted by Crippen LogP contribution is 2.41. The van der Waals surface area contributed by atoms with Crippen LogP contribution in [0.5, 0.6) is 11.5 Å². The molecule has 1 amide bonds. The van der Waals surface area contributed by atoms with Crippen molar-refractivity contribution in [1.82, 2.24) is 24.9 Å². The summed E-state index contributed by atoms with van der Waals surface area (Å²) in [5, 5.41) is 21.6. The number of hydrogen-bond acceptors (Lipinski definition) is 6. The van der Waals surface area contributed by atoms with E-state index < -0.39 is 23.9 Å². The molecule has 0 aliphatic heterocycles. The highest BCUT2D eigenvalue weighted by atomic mass is 19.3. The third-order valence-electron chi connectivity index (χ3n) is 6.46. The van der Waals surface area contributed by atoms with Crippen molar-refractivity contribution >= 4 is 16.8 Å². The van der Waals surface area contributed by atoms with E-state index in [-0.39, 0.29) is 17.9 Å². The Bertz CT molecular complexity index is 1600. The molecule has 4 aromatic rings. The second-order valence-electron chi connectivity index (χ2n) is 9.17. The molecule has 1 aliphatic carbocycles. The molecule has 0 saturated heterocycles. The Morgan fingerprint density at radius 3 is 2.53 bits per heavy atom. The normalized spacial score (nSPS) is 13.9. The molecule has 0 bridgehead atoms. The van der Waals surface area contributed by atoms with Gasteiger partial charge in [-0.15, -0.1) is 0 Å². The van der Waals surface area contributed by atoms with Crippen molar-refractivity contribution in [1.29, 1.82) is 5.26 Å². The number of aromatic nitrogens is 4. The molecular weight excluding hydrogens is 501 g/mol. The minimum atomic E-state index is -3.24. The SMILES string of the molecule is COc1cc(-c2c3c(C#N)cc(-c4cnn(C)c4)cc3nn2C)cc(OC(F)F)c1C(=O)NCC1(F)CC1. The third-order valence-corrected chi connectivity index (χ3v) is 6.46. The maximum absolute atomic E-state index is 14.1. The summed E-state index contributed by atoms with van der Waals surface area (Å²) in [5.41, 5.74) is 1.32. The number of alkyl halides is 3. The summed E-state index contributed by atoms with van der Waals surface area (Å²) < 4.78 is 54.1. The number of carbonyl (C=O) groups is 1. The molecule has 1 N–H and O–H groups in total. The zero-order valence-electron chi connectivity index (χ0n) is 20.8. The molecule has 38 heavy (non-hydrogen) atoms. The van der Waals surface area contributed by atoms with Crippen LogP contribution in [0.25, 0.3) is 33.3 Å². The Balaban J connectivity index is 1.65. The monoisotopic (exact) mass is 524 g/mol. The average molecular weight is 525 g/mol. The molecule has 9 nitrogen and oxygen atoms in total. The first kappa shape index (κ1) is 25.1. The van der Waals surface area contributed by atoms with Crippen LogP contribution in [0.3, 0.4) is 0 Å². The predicted octanol–water partition coefficient (Wildman–Crippen LogP) is 4.35. The number of nitriles is 1. The average Bonchev–Trinajstić information content (AvgIpc) is 3.29. The number of aryl methyl sites for hydroxylation is 2. The number of benzene rings is 2. The maximum Gasteiger partial charge on any atom is 0.387 e. The fourth-order valence-electron chi connectivity index (χ4n) is 4.42. The van der Waals surface area contributed by atoms with Crippen LogP contribution in [0, 0.1) is 11.3 Å². The summed E-state index contributed by atoms with van der Waals surface area (Å²) in [7, 11) is 4.71. The Kier molecular flexibility index (Phi) is 6.22. The summed E-state index contributed by atoms with van der Waals surface area (Å²) in [4.78, 5) is 12.9. The standard InChI is InChI=1S/C26H23F3N6O3/c1-34-12-17(11-32-34)14-6-16(10-30)21-18(7-14)33-35(2)23(21)15-8-19(37-3)22(20(9-15)38-25(27)28)24(36)31-13-26(29)4-5-26/h6-9,11-12,25H,4-5,13H2,1-3H3,(H,31,36). The molecule has 0 spiro atoms. The van der Waals surface area contributed by atoms with Crippen LogP contribution in [-0.2, 0) is 14.1 Å². The number of methoxy groups -OCH3 is 1. The van der Waals surface area contributed by atoms with Gasteiger partial charge in [-0.3, -0.25) is 14.2 Å². The lowest BCUT2D eigenvalue weighted by atomic mass is 9.97. The van der Waals surface area contributed by atoms with Gasteiger partial charge in [0.2, 0.25) is 0 Å². The summed E-state index contributed by atoms with van der Waals surface area (Å²) in [5.74, 6) is -1.31. The maximum atomic E-state index is 14.1. The van der Waals surface area contributed by atoms with Gasteiger partial charge in [-0.2, -0.15) is 24.2 Å². The number of hydrogen-bond donors (Lipinski definition) is 1. The van der Waals surface area contributed by atoms with Crippen molar-refractivity contribution in [3.8, 4) is 40.0 Å². The number of halogens is 3. The zero-order chi connectivity index (χ0) is 27.2. The van der Waals surface area contributed by atoms with Crippen molar-refractivity contribution in [2.24, 2.45) is 14.1 Å². The first-order chi connectivity index (χ1) is 18.1. The van der Waals surface area contributed by atoms with Crippen molar-refractivity contribution < 1.29 is 27.4 Å². The second-order valence-corrected chi connectivity index (χ2v) is 9.17. The minimum absolute atomic E-state index is 0.0563. The number of rotatable bonds is 8. The lowest BCUT2D eigenvalue weighted by molar-refractivity contribution is -0.0502. The smallest absolute Gasteiger partial charge is 0.387 e. The van der Waals surface area contributed by atoms with Gasteiger partial charge in [0.1, 0.15) is 22.7 Å². The molecule has 1 fully saturated rings. The molecule has 1 saturated carbocycles. The molecule has 2 aromatic carbocycles. The van der Waals surface area contributed by atoms with E-state index in [2.05, 4.69) is 21.6 Å². The van der Waals surface area contributed by atoms with E-state index in [1.165, 1.54) is 23.9 Å². The Morgan fingerprint density at radius 1 is 1.18 bits per heavy atom. The molecule has 2 heterocycles. The van der Waals surface area contributed by atoms with Crippen molar-refractivity contribution in [2.75, 3.05) is 13.7 Å². The molecule has 5 rings (SSSR count). The zero-order valence-corrected chi connectivity index (χ0v) is 20.8. The minimum Gasteiger partial charge on any atom is -0.496 e. The lowest BCUT2D eigenvalue weighted by Crippen LogP contribution is -2.31. The molecule has 2 aromatic heterocycles. The Hall–Kier alpha value is -4.53. The topological polar surface area (TPSA) is 107 Å². The van der Waals surface area contributed by atoms with Crippen LogP contribution in [0.1, 0.15) is 28.8 Å². The molecular formula is C26H23F3N6O3. The van der Waals surface area contributed by atoms with E-state index in [9.17, 15) is 23.2 Å². The number of fused-ring (bicyclic) bond motifs is 1. The molecule has 0 unspecified atom stereocenters. The van der Waals surface area contributed by atoms with Gasteiger partial charge >= 0.3 is 6.61 Å². The Labute approximate surface area is 215 Å². The number of amides is 1. The van der Waals surface area contributed by atoms with Gasteiger partial charge < -0.3 is 14.8 Å². The molecule has 1 aliphatic rings. The number of carbonyl (C=O) groups excluding carboxylic acids is 1. The number of ether oxygens (including phenoxy) is 2. The van der Waals surface area contributed by atoms with Crippen molar-refractivity contribution in [2.45, 2.75) is 25.1 Å². The van der Waals surface area contributed by atoms with Gasteiger partial charge in [0.25, 0.3) is 5.91 Å². The second kappa shape index (κ2) is 9.41. The largest absolute Gasteiger partial charge is 0.496 e. The van der Waals surface area contributed by atoms with Crippen LogP contribution in [0.2, 0.25) is 0 Å². The first-order valence-electron chi connectivity index (χ1n) is 11.7. The van der Waals surface area contributed by atoms with E-state index in [0.29, 0.717) is 40.6 Å². The highest BCUT2D eigenvalue weighted by Gasteiger charge is 2.43. The summed E-state index contributed by atoms with van der Waals surface area (Å²) >= 11 is 0. The van der Waals surface area contributed by atoms with Gasteiger partial charge in [-0.1, -0.05) is 0 Å². The fraction of sp³-hybridized carbons (Fsp3) is 0.308. The predicted molar refractivity (Wildman–Crippen MR) is 132 cm³/mol. The quantitative estimate of drug-likeness (QED) is 0.367. The van der Waals surface area contributed by atoms with Gasteiger partial charge in [-0.05, 0) is 42.7 Å². The van der Waals surface area contributed by atoms with Gasteiger partial charge in [0, 0.05) is 36.8 Å². The molecule has 196 valence electrons. The number of nitrogens with zero attached hydrogens (tertiary/aromatic N) is 5. The third kappa shape index (κ3) is 4.63.